The Morgan fingerprint density at radius 2 is 0.754 bits per heavy atom. The minimum atomic E-state index is -0.452. The molecule has 4 nitrogen and oxygen atoms in total. The van der Waals surface area contributed by atoms with E-state index in [9.17, 15) is 0 Å². The standard InChI is InChI=1S/C53H32N4/c1-54-39-29-31-49-45(33-39)44-32-38(28-30-48(44)53(49)46-22-12-10-19-41(46)42-20-11-13-23-47(42)53)34-24-26-37(27-25-34)51-55-50(36-16-6-3-7-17-36)56-52(57-51)43-21-9-8-18-40(43)35-14-4-2-5-15-35/h2-33H. The fraction of sp³-hybridized carbons (Fsp3) is 0.0189. The van der Waals surface area contributed by atoms with Gasteiger partial charge >= 0.3 is 0 Å². The van der Waals surface area contributed by atoms with E-state index < -0.39 is 5.41 Å². The first-order valence-electron chi connectivity index (χ1n) is 19.1. The van der Waals surface area contributed by atoms with Crippen molar-refractivity contribution in [3.63, 3.8) is 0 Å². The lowest BCUT2D eigenvalue weighted by molar-refractivity contribution is 0.794. The highest BCUT2D eigenvalue weighted by Crippen LogP contribution is 2.63. The molecule has 2 aliphatic rings. The minimum absolute atomic E-state index is 0.452. The maximum Gasteiger partial charge on any atom is 0.187 e. The molecule has 8 aromatic carbocycles. The quantitative estimate of drug-likeness (QED) is 0.166. The van der Waals surface area contributed by atoms with Crippen LogP contribution >= 0.6 is 0 Å². The van der Waals surface area contributed by atoms with E-state index in [1.54, 1.807) is 0 Å². The number of rotatable bonds is 5. The van der Waals surface area contributed by atoms with E-state index >= 15 is 0 Å². The van der Waals surface area contributed by atoms with Crippen LogP contribution < -0.4 is 0 Å². The average Bonchev–Trinajstić information content (AvgIpc) is 3.76. The monoisotopic (exact) mass is 724 g/mol. The first-order chi connectivity index (χ1) is 28.2. The van der Waals surface area contributed by atoms with Crippen molar-refractivity contribution in [2.75, 3.05) is 0 Å². The lowest BCUT2D eigenvalue weighted by Crippen LogP contribution is -2.25. The van der Waals surface area contributed by atoms with Crippen molar-refractivity contribution in [3.8, 4) is 78.7 Å². The molecule has 0 saturated heterocycles. The normalized spacial score (nSPS) is 12.7. The molecule has 0 fully saturated rings. The molecule has 0 radical (unpaired) electrons. The number of hydrogen-bond acceptors (Lipinski definition) is 3. The van der Waals surface area contributed by atoms with Gasteiger partial charge in [0, 0.05) is 16.7 Å². The number of fused-ring (bicyclic) bond motifs is 10. The molecular formula is C53H32N4. The van der Waals surface area contributed by atoms with E-state index in [0.29, 0.717) is 23.2 Å². The largest absolute Gasteiger partial charge is 0.238 e. The van der Waals surface area contributed by atoms with Crippen molar-refractivity contribution in [3.05, 3.63) is 228 Å². The zero-order chi connectivity index (χ0) is 37.9. The third kappa shape index (κ3) is 5.03. The van der Waals surface area contributed by atoms with Crippen LogP contribution in [0.1, 0.15) is 22.3 Å². The fourth-order valence-electron chi connectivity index (χ4n) is 9.09. The number of benzene rings is 8. The molecule has 0 amide bonds. The Labute approximate surface area is 331 Å². The predicted octanol–water partition coefficient (Wildman–Crippen LogP) is 13.1. The van der Waals surface area contributed by atoms with Gasteiger partial charge in [-0.3, -0.25) is 0 Å². The topological polar surface area (TPSA) is 43.0 Å². The van der Waals surface area contributed by atoms with Gasteiger partial charge in [-0.05, 0) is 78.9 Å². The number of nitrogens with zero attached hydrogens (tertiary/aromatic N) is 4. The van der Waals surface area contributed by atoms with Gasteiger partial charge in [-0.25, -0.2) is 19.8 Å². The molecule has 1 heterocycles. The Balaban J connectivity index is 1.03. The summed E-state index contributed by atoms with van der Waals surface area (Å²) in [5.41, 5.74) is 17.2. The molecule has 0 atom stereocenters. The van der Waals surface area contributed by atoms with E-state index in [1.165, 1.54) is 33.4 Å². The smallest absolute Gasteiger partial charge is 0.187 e. The second-order valence-electron chi connectivity index (χ2n) is 14.6. The molecule has 11 rings (SSSR count). The summed E-state index contributed by atoms with van der Waals surface area (Å²) in [4.78, 5) is 19.0. The van der Waals surface area contributed by atoms with Gasteiger partial charge in [0.1, 0.15) is 0 Å². The van der Waals surface area contributed by atoms with Crippen molar-refractivity contribution in [1.29, 1.82) is 0 Å². The molecule has 0 saturated carbocycles. The van der Waals surface area contributed by atoms with E-state index in [0.717, 1.165) is 50.1 Å². The Morgan fingerprint density at radius 3 is 1.39 bits per heavy atom. The summed E-state index contributed by atoms with van der Waals surface area (Å²) in [6, 6.07) is 68.0. The summed E-state index contributed by atoms with van der Waals surface area (Å²) in [5.74, 6) is 1.87. The molecule has 4 heteroatoms. The van der Waals surface area contributed by atoms with Crippen LogP contribution in [0.2, 0.25) is 0 Å². The Morgan fingerprint density at radius 1 is 0.316 bits per heavy atom. The van der Waals surface area contributed by atoms with Gasteiger partial charge in [0.05, 0.1) is 12.0 Å². The maximum atomic E-state index is 7.88. The molecule has 264 valence electrons. The first-order valence-corrected chi connectivity index (χ1v) is 19.1. The fourth-order valence-corrected chi connectivity index (χ4v) is 9.09. The molecule has 9 aromatic rings. The van der Waals surface area contributed by atoms with E-state index in [-0.39, 0.29) is 0 Å². The van der Waals surface area contributed by atoms with Gasteiger partial charge < -0.3 is 0 Å². The van der Waals surface area contributed by atoms with Gasteiger partial charge in [0.2, 0.25) is 0 Å². The van der Waals surface area contributed by atoms with Crippen molar-refractivity contribution in [2.45, 2.75) is 5.41 Å². The zero-order valence-corrected chi connectivity index (χ0v) is 30.8. The molecule has 2 aliphatic carbocycles. The van der Waals surface area contributed by atoms with Crippen LogP contribution in [0.5, 0.6) is 0 Å². The molecule has 0 bridgehead atoms. The first kappa shape index (κ1) is 32.7. The molecule has 0 unspecified atom stereocenters. The van der Waals surface area contributed by atoms with Crippen LogP contribution in [0.4, 0.5) is 5.69 Å². The van der Waals surface area contributed by atoms with Crippen molar-refractivity contribution in [2.24, 2.45) is 0 Å². The zero-order valence-electron chi connectivity index (χ0n) is 30.8. The highest BCUT2D eigenvalue weighted by Gasteiger charge is 2.51. The molecule has 1 aromatic heterocycles. The second-order valence-corrected chi connectivity index (χ2v) is 14.6. The van der Waals surface area contributed by atoms with Crippen LogP contribution in [-0.4, -0.2) is 15.0 Å². The average molecular weight is 725 g/mol. The number of aromatic nitrogens is 3. The predicted molar refractivity (Wildman–Crippen MR) is 230 cm³/mol. The third-order valence-electron chi connectivity index (χ3n) is 11.6. The Bertz CT molecular complexity index is 3030. The van der Waals surface area contributed by atoms with Crippen LogP contribution in [0, 0.1) is 6.57 Å². The maximum absolute atomic E-state index is 7.88. The third-order valence-corrected chi connectivity index (χ3v) is 11.6. The van der Waals surface area contributed by atoms with Crippen molar-refractivity contribution in [1.82, 2.24) is 15.0 Å². The van der Waals surface area contributed by atoms with Gasteiger partial charge in [-0.1, -0.05) is 182 Å². The van der Waals surface area contributed by atoms with Gasteiger partial charge in [-0.2, -0.15) is 0 Å². The lowest BCUT2D eigenvalue weighted by Gasteiger charge is -2.30. The molecular weight excluding hydrogens is 693 g/mol. The van der Waals surface area contributed by atoms with E-state index in [2.05, 4.69) is 150 Å². The minimum Gasteiger partial charge on any atom is -0.238 e. The Hall–Kier alpha value is -7.74. The van der Waals surface area contributed by atoms with Crippen LogP contribution in [-0.2, 0) is 5.41 Å². The van der Waals surface area contributed by atoms with Crippen molar-refractivity contribution >= 4 is 5.69 Å². The highest BCUT2D eigenvalue weighted by molar-refractivity contribution is 5.97. The molecule has 57 heavy (non-hydrogen) atoms. The van der Waals surface area contributed by atoms with E-state index in [4.69, 9.17) is 21.5 Å². The summed E-state index contributed by atoms with van der Waals surface area (Å²) in [6.45, 7) is 7.88. The van der Waals surface area contributed by atoms with E-state index in [1.807, 2.05) is 48.5 Å². The second kappa shape index (κ2) is 12.9. The molecule has 0 aliphatic heterocycles. The SMILES string of the molecule is [C-]#[N+]c1ccc2c(c1)-c1cc(-c3ccc(-c4nc(-c5ccccc5)nc(-c5ccccc5-c5ccccc5)n4)cc3)ccc1C21c2ccccc2-c2ccccc21. The summed E-state index contributed by atoms with van der Waals surface area (Å²) >= 11 is 0. The van der Waals surface area contributed by atoms with Gasteiger partial charge in [-0.15, -0.1) is 0 Å². The molecule has 0 N–H and O–H groups in total. The van der Waals surface area contributed by atoms with Crippen LogP contribution in [0.15, 0.2) is 194 Å². The molecule has 1 spiro atoms. The summed E-state index contributed by atoms with van der Waals surface area (Å²) in [5, 5.41) is 0. The highest BCUT2D eigenvalue weighted by atomic mass is 15.0. The van der Waals surface area contributed by atoms with Gasteiger partial charge in [0.15, 0.2) is 23.2 Å². The summed E-state index contributed by atoms with van der Waals surface area (Å²) in [7, 11) is 0. The summed E-state index contributed by atoms with van der Waals surface area (Å²) in [6.07, 6.45) is 0. The lowest BCUT2D eigenvalue weighted by atomic mass is 9.70. The number of hydrogen-bond donors (Lipinski definition) is 0. The summed E-state index contributed by atoms with van der Waals surface area (Å²) < 4.78 is 0. The van der Waals surface area contributed by atoms with Crippen LogP contribution in [0.25, 0.3) is 83.5 Å². The van der Waals surface area contributed by atoms with Crippen LogP contribution in [0.3, 0.4) is 0 Å². The Kier molecular flexibility index (Phi) is 7.42. The van der Waals surface area contributed by atoms with Crippen molar-refractivity contribution < 1.29 is 0 Å². The van der Waals surface area contributed by atoms with Gasteiger partial charge in [0.25, 0.3) is 0 Å².